The lowest BCUT2D eigenvalue weighted by atomic mass is 10.3. The van der Waals surface area contributed by atoms with E-state index >= 15 is 0 Å². The maximum atomic E-state index is 13.8. The van der Waals surface area contributed by atoms with E-state index in [2.05, 4.69) is 0 Å². The number of carbonyl (C=O) groups excluding carboxylic acids is 2. The van der Waals surface area contributed by atoms with Crippen molar-refractivity contribution in [3.8, 4) is 11.5 Å². The second-order valence-electron chi connectivity index (χ2n) is 7.26. The summed E-state index contributed by atoms with van der Waals surface area (Å²) in [6.45, 7) is 3.61. The summed E-state index contributed by atoms with van der Waals surface area (Å²) in [5.41, 5.74) is 0. The molecule has 1 aliphatic heterocycles. The van der Waals surface area contributed by atoms with Crippen LogP contribution in [0, 0.1) is 11.6 Å². The number of ether oxygens (including phenoxy) is 4. The van der Waals surface area contributed by atoms with Gasteiger partial charge < -0.3 is 28.7 Å². The van der Waals surface area contributed by atoms with Crippen molar-refractivity contribution in [1.82, 2.24) is 9.80 Å². The van der Waals surface area contributed by atoms with Crippen LogP contribution in [-0.4, -0.2) is 60.7 Å². The molecule has 1 heterocycles. The predicted molar refractivity (Wildman–Crippen MR) is 119 cm³/mol. The Morgan fingerprint density at radius 2 is 1.12 bits per heavy atom. The van der Waals surface area contributed by atoms with Gasteiger partial charge in [-0.1, -0.05) is 23.2 Å². The van der Waals surface area contributed by atoms with Gasteiger partial charge in [0.05, 0.1) is 0 Å². The molecule has 8 nitrogen and oxygen atoms in total. The second kappa shape index (κ2) is 11.4. The zero-order valence-electron chi connectivity index (χ0n) is 18.3. The normalized spacial score (nSPS) is 15.4. The number of hydrogen-bond donors (Lipinski definition) is 0. The number of amides is 2. The van der Waals surface area contributed by atoms with Crippen LogP contribution in [0.25, 0.3) is 0 Å². The monoisotopic (exact) mass is 518 g/mol. The van der Waals surface area contributed by atoms with Crippen molar-refractivity contribution < 1.29 is 37.3 Å². The van der Waals surface area contributed by atoms with Crippen LogP contribution in [-0.2, 0) is 9.47 Å². The molecule has 0 spiro atoms. The number of benzene rings is 2. The molecule has 12 heteroatoms. The first-order chi connectivity index (χ1) is 16.1. The van der Waals surface area contributed by atoms with E-state index in [1.165, 1.54) is 47.9 Å². The van der Waals surface area contributed by atoms with E-state index in [-0.39, 0.29) is 47.7 Å². The van der Waals surface area contributed by atoms with Crippen molar-refractivity contribution in [1.29, 1.82) is 0 Å². The van der Waals surface area contributed by atoms with Gasteiger partial charge in [-0.15, -0.1) is 0 Å². The number of rotatable bonds is 6. The van der Waals surface area contributed by atoms with Crippen LogP contribution >= 0.6 is 23.2 Å². The van der Waals surface area contributed by atoms with Crippen molar-refractivity contribution in [3.05, 3.63) is 58.1 Å². The Kier molecular flexibility index (Phi) is 8.62. The lowest BCUT2D eigenvalue weighted by Gasteiger charge is -2.34. The smallest absolute Gasteiger partial charge is 0.412 e. The molecule has 3 rings (SSSR count). The first-order valence-corrected chi connectivity index (χ1v) is 11.0. The molecule has 0 N–H and O–H groups in total. The molecular formula is C22H22Cl2F2N2O6. The Balaban J connectivity index is 1.42. The van der Waals surface area contributed by atoms with Gasteiger partial charge in [0.2, 0.25) is 12.6 Å². The van der Waals surface area contributed by atoms with Crippen LogP contribution in [0.4, 0.5) is 18.4 Å². The van der Waals surface area contributed by atoms with Gasteiger partial charge in [-0.2, -0.15) is 0 Å². The largest absolute Gasteiger partial charge is 0.452 e. The third-order valence-electron chi connectivity index (χ3n) is 4.70. The fourth-order valence-corrected chi connectivity index (χ4v) is 3.37. The molecule has 0 radical (unpaired) electrons. The highest BCUT2D eigenvalue weighted by Crippen LogP contribution is 2.23. The summed E-state index contributed by atoms with van der Waals surface area (Å²) in [6, 6.07) is 7.73. The molecule has 34 heavy (non-hydrogen) atoms. The van der Waals surface area contributed by atoms with Crippen LogP contribution in [0.15, 0.2) is 36.4 Å². The fourth-order valence-electron chi connectivity index (χ4n) is 3.05. The first kappa shape index (κ1) is 25.6. The van der Waals surface area contributed by atoms with Gasteiger partial charge in [0, 0.05) is 50.1 Å². The van der Waals surface area contributed by atoms with Gasteiger partial charge in [0.15, 0.2) is 23.1 Å². The average Bonchev–Trinajstić information content (AvgIpc) is 2.77. The summed E-state index contributed by atoms with van der Waals surface area (Å²) in [5, 5.41) is 0.424. The van der Waals surface area contributed by atoms with Crippen LogP contribution in [0.1, 0.15) is 13.8 Å². The topological polar surface area (TPSA) is 77.5 Å². The lowest BCUT2D eigenvalue weighted by molar-refractivity contribution is -0.0494. The molecule has 0 bridgehead atoms. The highest BCUT2D eigenvalue weighted by molar-refractivity contribution is 6.30. The summed E-state index contributed by atoms with van der Waals surface area (Å²) in [5.74, 6) is -1.57. The van der Waals surface area contributed by atoms with Gasteiger partial charge in [0.1, 0.15) is 0 Å². The molecule has 2 aromatic rings. The third-order valence-corrected chi connectivity index (χ3v) is 5.17. The molecule has 2 aromatic carbocycles. The van der Waals surface area contributed by atoms with Crippen LogP contribution < -0.4 is 9.47 Å². The van der Waals surface area contributed by atoms with E-state index < -0.39 is 36.4 Å². The third kappa shape index (κ3) is 7.01. The highest BCUT2D eigenvalue weighted by Gasteiger charge is 2.28. The summed E-state index contributed by atoms with van der Waals surface area (Å²) < 4.78 is 48.6. The number of hydrogen-bond acceptors (Lipinski definition) is 6. The van der Waals surface area contributed by atoms with Crippen molar-refractivity contribution in [3.63, 3.8) is 0 Å². The van der Waals surface area contributed by atoms with Gasteiger partial charge >= 0.3 is 12.2 Å². The molecule has 0 saturated carbocycles. The number of piperazine rings is 1. The molecule has 2 amide bonds. The Hall–Kier alpha value is -2.98. The minimum atomic E-state index is -1.06. The zero-order valence-corrected chi connectivity index (χ0v) is 19.8. The summed E-state index contributed by atoms with van der Waals surface area (Å²) >= 11 is 11.4. The number of nitrogens with zero attached hydrogens (tertiary/aromatic N) is 2. The Morgan fingerprint density at radius 1 is 0.765 bits per heavy atom. The van der Waals surface area contributed by atoms with E-state index in [0.717, 1.165) is 12.1 Å². The molecule has 1 aliphatic rings. The van der Waals surface area contributed by atoms with Crippen molar-refractivity contribution in [2.24, 2.45) is 0 Å². The number of halogens is 4. The molecule has 0 aliphatic carbocycles. The van der Waals surface area contributed by atoms with E-state index in [4.69, 9.17) is 42.1 Å². The fraction of sp³-hybridized carbons (Fsp3) is 0.364. The Bertz CT molecular complexity index is 955. The van der Waals surface area contributed by atoms with Crippen molar-refractivity contribution in [2.45, 2.75) is 26.4 Å². The van der Waals surface area contributed by atoms with Crippen LogP contribution in [0.2, 0.25) is 10.0 Å². The molecule has 0 unspecified atom stereocenters. The molecule has 2 atom stereocenters. The van der Waals surface area contributed by atoms with E-state index in [1.54, 1.807) is 0 Å². The van der Waals surface area contributed by atoms with Crippen LogP contribution in [0.5, 0.6) is 11.5 Å². The maximum Gasteiger partial charge on any atom is 0.412 e. The lowest BCUT2D eigenvalue weighted by Crippen LogP contribution is -2.51. The first-order valence-electron chi connectivity index (χ1n) is 10.3. The Labute approximate surface area is 204 Å². The number of carbonyl (C=O) groups is 2. The van der Waals surface area contributed by atoms with Crippen molar-refractivity contribution >= 4 is 35.4 Å². The summed E-state index contributed by atoms with van der Waals surface area (Å²) in [7, 11) is 0. The van der Waals surface area contributed by atoms with Gasteiger partial charge in [-0.3, -0.25) is 0 Å². The van der Waals surface area contributed by atoms with Gasteiger partial charge in [-0.05, 0) is 36.4 Å². The van der Waals surface area contributed by atoms with Crippen LogP contribution in [0.3, 0.4) is 0 Å². The summed E-state index contributed by atoms with van der Waals surface area (Å²) in [4.78, 5) is 27.5. The standard InChI is InChI=1S/C22H22Cl2F2N2O6/c1-13(31-19-5-3-15(23)11-17(19)25)33-21(29)27-7-9-28(10-8-27)22(30)34-14(2)32-20-6-4-16(24)12-18(20)26/h3-6,11-14H,7-10H2,1-2H3/t13-,14-/m1/s1. The molecule has 1 fully saturated rings. The predicted octanol–water partition coefficient (Wildman–Crippen LogP) is 5.31. The minimum Gasteiger partial charge on any atom is -0.452 e. The highest BCUT2D eigenvalue weighted by atomic mass is 35.5. The Morgan fingerprint density at radius 3 is 1.44 bits per heavy atom. The SMILES string of the molecule is C[C@@H](OC(=O)N1CCN(C(=O)O[C@H](C)Oc2ccc(Cl)cc2F)CC1)Oc1ccc(Cl)cc1F. The molecular weight excluding hydrogens is 497 g/mol. The quantitative estimate of drug-likeness (QED) is 0.482. The second-order valence-corrected chi connectivity index (χ2v) is 8.13. The average molecular weight is 519 g/mol. The molecule has 0 aromatic heterocycles. The van der Waals surface area contributed by atoms with E-state index in [0.29, 0.717) is 0 Å². The molecule has 1 saturated heterocycles. The van der Waals surface area contributed by atoms with E-state index in [9.17, 15) is 18.4 Å². The van der Waals surface area contributed by atoms with Gasteiger partial charge in [0.25, 0.3) is 0 Å². The summed E-state index contributed by atoms with van der Waals surface area (Å²) in [6.07, 6.45) is -3.47. The minimum absolute atomic E-state index is 0.105. The van der Waals surface area contributed by atoms with Crippen molar-refractivity contribution in [2.75, 3.05) is 26.2 Å². The molecule has 184 valence electrons. The van der Waals surface area contributed by atoms with E-state index in [1.807, 2.05) is 0 Å². The van der Waals surface area contributed by atoms with Gasteiger partial charge in [-0.25, -0.2) is 18.4 Å². The maximum absolute atomic E-state index is 13.8. The zero-order chi connectivity index (χ0) is 24.8.